The normalized spacial score (nSPS) is 16.5. The lowest BCUT2D eigenvalue weighted by Gasteiger charge is -2.31. The second-order valence-electron chi connectivity index (χ2n) is 7.27. The van der Waals surface area contributed by atoms with E-state index in [0.717, 1.165) is 35.4 Å². The summed E-state index contributed by atoms with van der Waals surface area (Å²) in [6, 6.07) is 15.2. The number of benzene rings is 2. The molecule has 1 atom stereocenters. The van der Waals surface area contributed by atoms with Gasteiger partial charge in [-0.25, -0.2) is 4.79 Å². The number of nitrogens with one attached hydrogen (secondary N) is 1. The molecular weight excluding hydrogens is 368 g/mol. The first-order chi connectivity index (χ1) is 14.1. The zero-order valence-electron chi connectivity index (χ0n) is 16.6. The van der Waals surface area contributed by atoms with Crippen molar-refractivity contribution in [3.8, 4) is 17.1 Å². The van der Waals surface area contributed by atoms with Crippen molar-refractivity contribution in [1.29, 1.82) is 0 Å². The number of carbonyl (C=O) groups is 1. The fourth-order valence-corrected chi connectivity index (χ4v) is 3.57. The van der Waals surface area contributed by atoms with E-state index in [1.807, 2.05) is 60.4 Å². The monoisotopic (exact) mass is 392 g/mol. The fraction of sp³-hybridized carbons (Fsp3) is 0.318. The van der Waals surface area contributed by atoms with Gasteiger partial charge in [0.1, 0.15) is 5.75 Å². The summed E-state index contributed by atoms with van der Waals surface area (Å²) in [4.78, 5) is 19.1. The maximum atomic E-state index is 12.7. The Morgan fingerprint density at radius 2 is 2.10 bits per heavy atom. The minimum absolute atomic E-state index is 0.0267. The van der Waals surface area contributed by atoms with E-state index in [4.69, 9.17) is 9.26 Å². The maximum Gasteiger partial charge on any atom is 0.321 e. The standard InChI is InChI=1S/C22H24N4O3/c1-15-6-3-9-18(12-15)23-22(27)26-11-5-8-17(14-26)21-24-20(25-29-21)16-7-4-10-19(13-16)28-2/h3-4,6-7,9-10,12-13,17H,5,8,11,14H2,1-2H3,(H,23,27). The van der Waals surface area contributed by atoms with Gasteiger partial charge < -0.3 is 19.5 Å². The number of piperidine rings is 1. The Hall–Kier alpha value is -3.35. The van der Waals surface area contributed by atoms with E-state index in [-0.39, 0.29) is 11.9 Å². The molecule has 1 aliphatic rings. The number of nitrogens with zero attached hydrogens (tertiary/aromatic N) is 3. The summed E-state index contributed by atoms with van der Waals surface area (Å²) in [5.41, 5.74) is 2.75. The van der Waals surface area contributed by atoms with Crippen LogP contribution < -0.4 is 10.1 Å². The number of carbonyl (C=O) groups excluding carboxylic acids is 1. The molecule has 2 heterocycles. The molecule has 1 aliphatic heterocycles. The fourth-order valence-electron chi connectivity index (χ4n) is 3.57. The number of amides is 2. The lowest BCUT2D eigenvalue weighted by Crippen LogP contribution is -2.41. The molecule has 29 heavy (non-hydrogen) atoms. The van der Waals surface area contributed by atoms with E-state index >= 15 is 0 Å². The van der Waals surface area contributed by atoms with Crippen LogP contribution >= 0.6 is 0 Å². The van der Waals surface area contributed by atoms with Crippen LogP contribution in [-0.4, -0.2) is 41.3 Å². The van der Waals surface area contributed by atoms with Crippen LogP contribution in [0, 0.1) is 6.92 Å². The van der Waals surface area contributed by atoms with E-state index < -0.39 is 0 Å². The highest BCUT2D eigenvalue weighted by Gasteiger charge is 2.29. The molecule has 2 amide bonds. The third-order valence-corrected chi connectivity index (χ3v) is 5.10. The van der Waals surface area contributed by atoms with Crippen molar-refractivity contribution in [2.45, 2.75) is 25.7 Å². The van der Waals surface area contributed by atoms with E-state index in [9.17, 15) is 4.79 Å². The molecule has 2 aromatic carbocycles. The van der Waals surface area contributed by atoms with Crippen LogP contribution in [0.4, 0.5) is 10.5 Å². The lowest BCUT2D eigenvalue weighted by molar-refractivity contribution is 0.184. The Balaban J connectivity index is 1.44. The van der Waals surface area contributed by atoms with Crippen molar-refractivity contribution in [2.75, 3.05) is 25.5 Å². The predicted molar refractivity (Wildman–Crippen MR) is 110 cm³/mol. The molecule has 7 heteroatoms. The number of hydrogen-bond donors (Lipinski definition) is 1. The van der Waals surface area contributed by atoms with Crippen molar-refractivity contribution < 1.29 is 14.1 Å². The molecule has 1 N–H and O–H groups in total. The van der Waals surface area contributed by atoms with Gasteiger partial charge >= 0.3 is 6.03 Å². The topological polar surface area (TPSA) is 80.5 Å². The molecule has 7 nitrogen and oxygen atoms in total. The molecule has 4 rings (SSSR count). The molecule has 3 aromatic rings. The number of anilines is 1. The van der Waals surface area contributed by atoms with Gasteiger partial charge in [0.15, 0.2) is 0 Å². The third kappa shape index (κ3) is 4.39. The number of likely N-dealkylation sites (tertiary alicyclic amines) is 1. The number of urea groups is 1. The highest BCUT2D eigenvalue weighted by Crippen LogP contribution is 2.29. The second kappa shape index (κ2) is 8.34. The van der Waals surface area contributed by atoms with Crippen LogP contribution in [0.15, 0.2) is 53.1 Å². The first-order valence-electron chi connectivity index (χ1n) is 9.73. The summed E-state index contributed by atoms with van der Waals surface area (Å²) in [5.74, 6) is 1.86. The highest BCUT2D eigenvalue weighted by molar-refractivity contribution is 5.89. The van der Waals surface area contributed by atoms with Gasteiger partial charge in [-0.1, -0.05) is 29.4 Å². The average molecular weight is 392 g/mol. The van der Waals surface area contributed by atoms with Crippen molar-refractivity contribution in [3.05, 3.63) is 60.0 Å². The Morgan fingerprint density at radius 3 is 2.93 bits per heavy atom. The molecule has 0 aliphatic carbocycles. The van der Waals surface area contributed by atoms with Crippen LogP contribution in [0.25, 0.3) is 11.4 Å². The molecule has 1 unspecified atom stereocenters. The SMILES string of the molecule is COc1cccc(-c2noc(C3CCCN(C(=O)Nc4cccc(C)c4)C3)n2)c1. The lowest BCUT2D eigenvalue weighted by atomic mass is 9.98. The van der Waals surface area contributed by atoms with E-state index in [2.05, 4.69) is 15.5 Å². The van der Waals surface area contributed by atoms with Crippen LogP contribution in [0.1, 0.15) is 30.2 Å². The van der Waals surface area contributed by atoms with Crippen molar-refractivity contribution in [3.63, 3.8) is 0 Å². The highest BCUT2D eigenvalue weighted by atomic mass is 16.5. The summed E-state index contributed by atoms with van der Waals surface area (Å²) in [6.45, 7) is 3.27. The van der Waals surface area contributed by atoms with Gasteiger partial charge in [-0.3, -0.25) is 0 Å². The summed E-state index contributed by atoms with van der Waals surface area (Å²) in [6.07, 6.45) is 1.80. The van der Waals surface area contributed by atoms with Gasteiger partial charge in [-0.15, -0.1) is 0 Å². The molecule has 1 aromatic heterocycles. The maximum absolute atomic E-state index is 12.7. The molecule has 1 fully saturated rings. The van der Waals surface area contributed by atoms with E-state index in [1.54, 1.807) is 7.11 Å². The van der Waals surface area contributed by atoms with Crippen LogP contribution in [0.2, 0.25) is 0 Å². The largest absolute Gasteiger partial charge is 0.497 e. The minimum atomic E-state index is -0.104. The number of aromatic nitrogens is 2. The van der Waals surface area contributed by atoms with Gasteiger partial charge in [0.2, 0.25) is 11.7 Å². The molecule has 0 saturated carbocycles. The molecule has 0 radical (unpaired) electrons. The van der Waals surface area contributed by atoms with Gasteiger partial charge in [0.05, 0.1) is 13.0 Å². The number of ether oxygens (including phenoxy) is 1. The Kier molecular flexibility index (Phi) is 5.46. The first kappa shape index (κ1) is 19.0. The van der Waals surface area contributed by atoms with Crippen LogP contribution in [0.3, 0.4) is 0 Å². The number of rotatable bonds is 4. The number of methoxy groups -OCH3 is 1. The van der Waals surface area contributed by atoms with E-state index in [0.29, 0.717) is 24.8 Å². The molecular formula is C22H24N4O3. The summed E-state index contributed by atoms with van der Waals surface area (Å²) < 4.78 is 10.8. The van der Waals surface area contributed by atoms with Crippen LogP contribution in [-0.2, 0) is 0 Å². The van der Waals surface area contributed by atoms with E-state index in [1.165, 1.54) is 0 Å². The predicted octanol–water partition coefficient (Wildman–Crippen LogP) is 4.47. The van der Waals surface area contributed by atoms with Crippen molar-refractivity contribution >= 4 is 11.7 Å². The van der Waals surface area contributed by atoms with Crippen molar-refractivity contribution in [1.82, 2.24) is 15.0 Å². The Bertz CT molecular complexity index is 1000. The molecule has 0 bridgehead atoms. The number of hydrogen-bond acceptors (Lipinski definition) is 5. The summed E-state index contributed by atoms with van der Waals surface area (Å²) >= 11 is 0. The number of aryl methyl sites for hydroxylation is 1. The first-order valence-corrected chi connectivity index (χ1v) is 9.73. The van der Waals surface area contributed by atoms with Gasteiger partial charge in [-0.2, -0.15) is 4.98 Å². The zero-order valence-corrected chi connectivity index (χ0v) is 16.6. The average Bonchev–Trinajstić information content (AvgIpc) is 3.24. The summed E-state index contributed by atoms with van der Waals surface area (Å²) in [5, 5.41) is 7.10. The van der Waals surface area contributed by atoms with Gasteiger partial charge in [0, 0.05) is 24.3 Å². The minimum Gasteiger partial charge on any atom is -0.497 e. The Labute approximate surface area is 169 Å². The summed E-state index contributed by atoms with van der Waals surface area (Å²) in [7, 11) is 1.62. The molecule has 1 saturated heterocycles. The quantitative estimate of drug-likeness (QED) is 0.709. The van der Waals surface area contributed by atoms with Crippen LogP contribution in [0.5, 0.6) is 5.75 Å². The molecule has 0 spiro atoms. The van der Waals surface area contributed by atoms with Crippen molar-refractivity contribution in [2.24, 2.45) is 0 Å². The zero-order chi connectivity index (χ0) is 20.2. The molecule has 150 valence electrons. The third-order valence-electron chi connectivity index (χ3n) is 5.10. The van der Waals surface area contributed by atoms with Gasteiger partial charge in [-0.05, 0) is 49.6 Å². The second-order valence-corrected chi connectivity index (χ2v) is 7.27. The van der Waals surface area contributed by atoms with Gasteiger partial charge in [0.25, 0.3) is 0 Å². The Morgan fingerprint density at radius 1 is 1.24 bits per heavy atom. The smallest absolute Gasteiger partial charge is 0.321 e.